The minimum absolute atomic E-state index is 0.135. The van der Waals surface area contributed by atoms with Gasteiger partial charge >= 0.3 is 5.97 Å². The van der Waals surface area contributed by atoms with Gasteiger partial charge in [-0.3, -0.25) is 4.79 Å². The van der Waals surface area contributed by atoms with E-state index in [9.17, 15) is 18.4 Å². The van der Waals surface area contributed by atoms with E-state index in [4.69, 9.17) is 4.74 Å². The molecule has 0 aliphatic carbocycles. The summed E-state index contributed by atoms with van der Waals surface area (Å²) >= 11 is 0. The van der Waals surface area contributed by atoms with Crippen LogP contribution in [0.25, 0.3) is 0 Å². The summed E-state index contributed by atoms with van der Waals surface area (Å²) < 4.78 is 30.9. The molecule has 1 N–H and O–H groups in total. The second-order valence-electron chi connectivity index (χ2n) is 4.54. The van der Waals surface area contributed by atoms with Crippen molar-refractivity contribution in [2.24, 2.45) is 0 Å². The molecular weight excluding hydrogens is 292 g/mol. The Balaban J connectivity index is 1.91. The van der Waals surface area contributed by atoms with Gasteiger partial charge in [-0.05, 0) is 43.3 Å². The van der Waals surface area contributed by atoms with Gasteiger partial charge in [-0.25, -0.2) is 13.6 Å². The van der Waals surface area contributed by atoms with Crippen LogP contribution in [-0.2, 0) is 9.53 Å². The van der Waals surface area contributed by atoms with Crippen molar-refractivity contribution in [3.63, 3.8) is 0 Å². The third-order valence-corrected chi connectivity index (χ3v) is 2.96. The second-order valence-corrected chi connectivity index (χ2v) is 4.54. The predicted molar refractivity (Wildman–Crippen MR) is 76.4 cm³/mol. The van der Waals surface area contributed by atoms with Gasteiger partial charge in [-0.1, -0.05) is 6.07 Å². The first kappa shape index (κ1) is 15.6. The van der Waals surface area contributed by atoms with Crippen LogP contribution in [0.3, 0.4) is 0 Å². The van der Waals surface area contributed by atoms with Gasteiger partial charge in [-0.2, -0.15) is 0 Å². The Morgan fingerprint density at radius 3 is 2.45 bits per heavy atom. The number of carbonyl (C=O) groups is 2. The van der Waals surface area contributed by atoms with E-state index in [1.165, 1.54) is 37.3 Å². The highest BCUT2D eigenvalue weighted by molar-refractivity contribution is 5.95. The zero-order valence-corrected chi connectivity index (χ0v) is 11.7. The van der Waals surface area contributed by atoms with Crippen molar-refractivity contribution in [1.29, 1.82) is 0 Å². The van der Waals surface area contributed by atoms with E-state index in [2.05, 4.69) is 5.32 Å². The zero-order chi connectivity index (χ0) is 16.1. The van der Waals surface area contributed by atoms with Gasteiger partial charge in [0, 0.05) is 11.3 Å². The van der Waals surface area contributed by atoms with Crippen LogP contribution in [0.2, 0.25) is 0 Å². The van der Waals surface area contributed by atoms with E-state index in [1.54, 1.807) is 0 Å². The number of anilines is 1. The Labute approximate surface area is 125 Å². The topological polar surface area (TPSA) is 55.4 Å². The van der Waals surface area contributed by atoms with E-state index in [1.807, 2.05) is 0 Å². The molecule has 6 heteroatoms. The summed E-state index contributed by atoms with van der Waals surface area (Å²) in [5, 5.41) is 2.45. The highest BCUT2D eigenvalue weighted by Crippen LogP contribution is 2.17. The molecular formula is C16H13F2NO3. The Kier molecular flexibility index (Phi) is 4.83. The molecule has 1 amide bonds. The molecule has 0 spiro atoms. The van der Waals surface area contributed by atoms with Crippen LogP contribution >= 0.6 is 0 Å². The largest absolute Gasteiger partial charge is 0.452 e. The second kappa shape index (κ2) is 6.80. The summed E-state index contributed by atoms with van der Waals surface area (Å²) in [6.45, 7) is 1.00. The summed E-state index contributed by atoms with van der Waals surface area (Å²) in [5.74, 6) is -2.26. The monoisotopic (exact) mass is 305 g/mol. The van der Waals surface area contributed by atoms with E-state index in [0.717, 1.165) is 12.1 Å². The summed E-state index contributed by atoms with van der Waals surface area (Å²) in [6.07, 6.45) is 0. The van der Waals surface area contributed by atoms with Crippen LogP contribution < -0.4 is 5.32 Å². The lowest BCUT2D eigenvalue weighted by molar-refractivity contribution is -0.119. The number of nitrogens with one attached hydrogen (secondary N) is 1. The van der Waals surface area contributed by atoms with Crippen molar-refractivity contribution in [1.82, 2.24) is 0 Å². The number of benzene rings is 2. The number of hydrogen-bond donors (Lipinski definition) is 1. The highest BCUT2D eigenvalue weighted by Gasteiger charge is 2.12. The number of esters is 1. The number of halogens is 2. The molecule has 0 unspecified atom stereocenters. The maximum atomic E-state index is 13.3. The number of carbonyl (C=O) groups excluding carboxylic acids is 2. The SMILES string of the molecule is Cc1c(F)cccc1NC(=O)COC(=O)c1ccc(F)cc1. The Bertz CT molecular complexity index is 699. The Hall–Kier alpha value is -2.76. The van der Waals surface area contributed by atoms with Crippen LogP contribution in [-0.4, -0.2) is 18.5 Å². The lowest BCUT2D eigenvalue weighted by atomic mass is 10.2. The average Bonchev–Trinajstić information content (AvgIpc) is 2.50. The van der Waals surface area contributed by atoms with Crippen LogP contribution in [0.4, 0.5) is 14.5 Å². The van der Waals surface area contributed by atoms with Crippen LogP contribution in [0.5, 0.6) is 0 Å². The fourth-order valence-corrected chi connectivity index (χ4v) is 1.73. The highest BCUT2D eigenvalue weighted by atomic mass is 19.1. The van der Waals surface area contributed by atoms with Gasteiger partial charge in [0.15, 0.2) is 6.61 Å². The summed E-state index contributed by atoms with van der Waals surface area (Å²) in [4.78, 5) is 23.3. The first-order chi connectivity index (χ1) is 10.5. The normalized spacial score (nSPS) is 10.1. The molecule has 2 aromatic carbocycles. The Morgan fingerprint density at radius 2 is 1.77 bits per heavy atom. The number of hydrogen-bond acceptors (Lipinski definition) is 3. The standard InChI is InChI=1S/C16H13F2NO3/c1-10-13(18)3-2-4-14(10)19-15(20)9-22-16(21)11-5-7-12(17)8-6-11/h2-8H,9H2,1H3,(H,19,20). The molecule has 114 valence electrons. The van der Waals surface area contributed by atoms with Crippen molar-refractivity contribution >= 4 is 17.6 Å². The summed E-state index contributed by atoms with van der Waals surface area (Å²) in [6, 6.07) is 9.03. The fourth-order valence-electron chi connectivity index (χ4n) is 1.73. The molecule has 0 saturated heterocycles. The Morgan fingerprint density at radius 1 is 1.09 bits per heavy atom. The maximum absolute atomic E-state index is 13.3. The molecule has 4 nitrogen and oxygen atoms in total. The molecule has 0 heterocycles. The van der Waals surface area contributed by atoms with Crippen molar-refractivity contribution in [3.05, 3.63) is 65.2 Å². The summed E-state index contributed by atoms with van der Waals surface area (Å²) in [7, 11) is 0. The third-order valence-electron chi connectivity index (χ3n) is 2.96. The van der Waals surface area contributed by atoms with Crippen molar-refractivity contribution < 1.29 is 23.1 Å². The predicted octanol–water partition coefficient (Wildman–Crippen LogP) is 3.07. The fraction of sp³-hybridized carbons (Fsp3) is 0.125. The van der Waals surface area contributed by atoms with Crippen molar-refractivity contribution in [3.8, 4) is 0 Å². The minimum atomic E-state index is -0.744. The van der Waals surface area contributed by atoms with E-state index < -0.39 is 30.1 Å². The molecule has 0 fully saturated rings. The van der Waals surface area contributed by atoms with Crippen molar-refractivity contribution in [2.45, 2.75) is 6.92 Å². The first-order valence-corrected chi connectivity index (χ1v) is 6.45. The van der Waals surface area contributed by atoms with Gasteiger partial charge < -0.3 is 10.1 Å². The van der Waals surface area contributed by atoms with Gasteiger partial charge in [0.1, 0.15) is 11.6 Å². The molecule has 2 aromatic rings. The molecule has 22 heavy (non-hydrogen) atoms. The lowest BCUT2D eigenvalue weighted by Gasteiger charge is -2.09. The number of amides is 1. The molecule has 0 bridgehead atoms. The smallest absolute Gasteiger partial charge is 0.338 e. The average molecular weight is 305 g/mol. The van der Waals surface area contributed by atoms with Gasteiger partial charge in [-0.15, -0.1) is 0 Å². The molecule has 0 atom stereocenters. The third kappa shape index (κ3) is 3.88. The molecule has 2 rings (SSSR count). The lowest BCUT2D eigenvalue weighted by Crippen LogP contribution is -2.21. The van der Waals surface area contributed by atoms with Gasteiger partial charge in [0.2, 0.25) is 0 Å². The molecule has 0 aromatic heterocycles. The van der Waals surface area contributed by atoms with E-state index >= 15 is 0 Å². The molecule has 0 saturated carbocycles. The molecule has 0 radical (unpaired) electrons. The van der Waals surface area contributed by atoms with E-state index in [-0.39, 0.29) is 5.56 Å². The minimum Gasteiger partial charge on any atom is -0.452 e. The first-order valence-electron chi connectivity index (χ1n) is 6.45. The van der Waals surface area contributed by atoms with Gasteiger partial charge in [0.25, 0.3) is 5.91 Å². The molecule has 0 aliphatic rings. The van der Waals surface area contributed by atoms with Crippen molar-refractivity contribution in [2.75, 3.05) is 11.9 Å². The quantitative estimate of drug-likeness (QED) is 0.883. The maximum Gasteiger partial charge on any atom is 0.338 e. The zero-order valence-electron chi connectivity index (χ0n) is 11.7. The van der Waals surface area contributed by atoms with Crippen LogP contribution in [0, 0.1) is 18.6 Å². The van der Waals surface area contributed by atoms with E-state index in [0.29, 0.717) is 11.3 Å². The van der Waals surface area contributed by atoms with Crippen LogP contribution in [0.1, 0.15) is 15.9 Å². The van der Waals surface area contributed by atoms with Crippen LogP contribution in [0.15, 0.2) is 42.5 Å². The summed E-state index contributed by atoms with van der Waals surface area (Å²) in [5.41, 5.74) is 0.736. The number of ether oxygens (including phenoxy) is 1. The molecule has 0 aliphatic heterocycles. The number of rotatable bonds is 4. The van der Waals surface area contributed by atoms with Gasteiger partial charge in [0.05, 0.1) is 5.56 Å².